The molecule has 1 aliphatic rings. The van der Waals surface area contributed by atoms with Gasteiger partial charge in [-0.3, -0.25) is 9.59 Å². The largest absolute Gasteiger partial charge is 0.481 e. The van der Waals surface area contributed by atoms with E-state index in [4.69, 9.17) is 4.74 Å². The van der Waals surface area contributed by atoms with E-state index in [1.807, 2.05) is 48.5 Å². The van der Waals surface area contributed by atoms with Gasteiger partial charge in [0, 0.05) is 29.7 Å². The molecule has 0 spiro atoms. The van der Waals surface area contributed by atoms with Gasteiger partial charge in [-0.1, -0.05) is 28.1 Å². The summed E-state index contributed by atoms with van der Waals surface area (Å²) in [5.41, 5.74) is 1.89. The van der Waals surface area contributed by atoms with Crippen LogP contribution < -0.4 is 15.0 Å². The van der Waals surface area contributed by atoms with Gasteiger partial charge in [-0.2, -0.15) is 0 Å². The number of benzene rings is 2. The summed E-state index contributed by atoms with van der Waals surface area (Å²) in [6.45, 7) is 2.92. The zero-order valence-corrected chi connectivity index (χ0v) is 16.2. The van der Waals surface area contributed by atoms with E-state index in [9.17, 15) is 9.59 Å². The van der Waals surface area contributed by atoms with E-state index in [2.05, 4.69) is 21.2 Å². The number of anilines is 1. The van der Waals surface area contributed by atoms with Crippen LogP contribution in [-0.4, -0.2) is 24.5 Å². The number of hydrogen-bond donors (Lipinski definition) is 1. The molecule has 1 aliphatic heterocycles. The van der Waals surface area contributed by atoms with Crippen molar-refractivity contribution in [2.24, 2.45) is 0 Å². The van der Waals surface area contributed by atoms with Gasteiger partial charge in [0.25, 0.3) is 5.91 Å². The number of carbonyl (C=O) groups excluding carboxylic acids is 2. The molecule has 0 radical (unpaired) electrons. The van der Waals surface area contributed by atoms with Crippen molar-refractivity contribution in [3.8, 4) is 5.75 Å². The monoisotopic (exact) mass is 416 g/mol. The molecule has 1 saturated heterocycles. The molecule has 0 unspecified atom stereocenters. The molecule has 0 bridgehead atoms. The molecule has 6 heteroatoms. The summed E-state index contributed by atoms with van der Waals surface area (Å²) < 4.78 is 6.60. The third-order valence-electron chi connectivity index (χ3n) is 4.28. The van der Waals surface area contributed by atoms with Crippen LogP contribution >= 0.6 is 15.9 Å². The van der Waals surface area contributed by atoms with Crippen LogP contribution in [0.1, 0.15) is 25.3 Å². The molecule has 1 atom stereocenters. The molecule has 26 heavy (non-hydrogen) atoms. The van der Waals surface area contributed by atoms with Gasteiger partial charge in [0.2, 0.25) is 5.91 Å². The van der Waals surface area contributed by atoms with Crippen molar-refractivity contribution in [1.29, 1.82) is 0 Å². The highest BCUT2D eigenvalue weighted by atomic mass is 79.9. The van der Waals surface area contributed by atoms with Crippen LogP contribution in [0.5, 0.6) is 5.75 Å². The molecule has 0 aromatic heterocycles. The van der Waals surface area contributed by atoms with E-state index in [0.717, 1.165) is 28.7 Å². The van der Waals surface area contributed by atoms with Crippen molar-refractivity contribution in [2.45, 2.75) is 32.4 Å². The van der Waals surface area contributed by atoms with Crippen molar-refractivity contribution in [3.05, 3.63) is 58.6 Å². The highest BCUT2D eigenvalue weighted by molar-refractivity contribution is 9.10. The second-order valence-corrected chi connectivity index (χ2v) is 7.16. The summed E-state index contributed by atoms with van der Waals surface area (Å²) in [4.78, 5) is 25.8. The Hall–Kier alpha value is -2.34. The molecule has 0 aliphatic carbocycles. The van der Waals surface area contributed by atoms with Gasteiger partial charge in [-0.15, -0.1) is 0 Å². The zero-order chi connectivity index (χ0) is 18.5. The second-order valence-electron chi connectivity index (χ2n) is 6.25. The van der Waals surface area contributed by atoms with Gasteiger partial charge in [0.15, 0.2) is 6.10 Å². The van der Waals surface area contributed by atoms with Gasteiger partial charge in [0.05, 0.1) is 0 Å². The lowest BCUT2D eigenvalue weighted by molar-refractivity contribution is -0.127. The fourth-order valence-electron chi connectivity index (χ4n) is 2.82. The quantitative estimate of drug-likeness (QED) is 0.781. The van der Waals surface area contributed by atoms with Crippen molar-refractivity contribution >= 4 is 33.4 Å². The van der Waals surface area contributed by atoms with Crippen molar-refractivity contribution in [1.82, 2.24) is 5.32 Å². The van der Waals surface area contributed by atoms with Gasteiger partial charge in [-0.25, -0.2) is 0 Å². The normalized spacial score (nSPS) is 15.0. The predicted octanol–water partition coefficient (Wildman–Crippen LogP) is 3.66. The Labute approximate surface area is 161 Å². The maximum absolute atomic E-state index is 12.2. The third kappa shape index (κ3) is 4.64. The molecule has 2 amide bonds. The minimum Gasteiger partial charge on any atom is -0.481 e. The minimum absolute atomic E-state index is 0.171. The summed E-state index contributed by atoms with van der Waals surface area (Å²) in [6, 6.07) is 15.1. The fraction of sp³-hybridized carbons (Fsp3) is 0.300. The van der Waals surface area contributed by atoms with Gasteiger partial charge >= 0.3 is 0 Å². The Balaban J connectivity index is 1.50. The highest BCUT2D eigenvalue weighted by Gasteiger charge is 2.21. The number of amides is 2. The lowest BCUT2D eigenvalue weighted by Gasteiger charge is -2.17. The van der Waals surface area contributed by atoms with Crippen LogP contribution in [0.15, 0.2) is 53.0 Å². The average Bonchev–Trinajstić information content (AvgIpc) is 3.08. The van der Waals surface area contributed by atoms with E-state index < -0.39 is 6.10 Å². The van der Waals surface area contributed by atoms with Gasteiger partial charge in [0.1, 0.15) is 5.75 Å². The van der Waals surface area contributed by atoms with Crippen LogP contribution in [0.25, 0.3) is 0 Å². The molecule has 3 rings (SSSR count). The van der Waals surface area contributed by atoms with E-state index in [0.29, 0.717) is 18.7 Å². The van der Waals surface area contributed by atoms with E-state index in [1.165, 1.54) is 0 Å². The van der Waals surface area contributed by atoms with E-state index in [-0.39, 0.29) is 11.8 Å². The number of hydrogen-bond acceptors (Lipinski definition) is 3. The predicted molar refractivity (Wildman–Crippen MR) is 104 cm³/mol. The second kappa shape index (κ2) is 8.36. The van der Waals surface area contributed by atoms with Crippen molar-refractivity contribution in [3.63, 3.8) is 0 Å². The van der Waals surface area contributed by atoms with Crippen molar-refractivity contribution in [2.75, 3.05) is 11.4 Å². The lowest BCUT2D eigenvalue weighted by Crippen LogP contribution is -2.35. The summed E-state index contributed by atoms with van der Waals surface area (Å²) in [5.74, 6) is 0.646. The first kappa shape index (κ1) is 18.5. The summed E-state index contributed by atoms with van der Waals surface area (Å²) in [6.07, 6.45) is 0.943. The fourth-order valence-corrected chi connectivity index (χ4v) is 3.08. The first-order valence-electron chi connectivity index (χ1n) is 8.62. The molecule has 1 N–H and O–H groups in total. The number of nitrogens with one attached hydrogen (secondary N) is 1. The maximum atomic E-state index is 12.2. The zero-order valence-electron chi connectivity index (χ0n) is 14.6. The number of carbonyl (C=O) groups is 2. The summed E-state index contributed by atoms with van der Waals surface area (Å²) in [5, 5.41) is 2.87. The summed E-state index contributed by atoms with van der Waals surface area (Å²) >= 11 is 3.36. The molecule has 136 valence electrons. The molecule has 0 saturated carbocycles. The number of ether oxygens (including phenoxy) is 1. The van der Waals surface area contributed by atoms with Crippen molar-refractivity contribution < 1.29 is 14.3 Å². The van der Waals surface area contributed by atoms with Crippen LogP contribution in [0.3, 0.4) is 0 Å². The number of nitrogens with zero attached hydrogens (tertiary/aromatic N) is 1. The Morgan fingerprint density at radius 3 is 2.50 bits per heavy atom. The molecule has 2 aromatic carbocycles. The van der Waals surface area contributed by atoms with Crippen LogP contribution in [-0.2, 0) is 16.1 Å². The highest BCUT2D eigenvalue weighted by Crippen LogP contribution is 2.21. The Morgan fingerprint density at radius 2 is 1.88 bits per heavy atom. The first-order valence-corrected chi connectivity index (χ1v) is 9.41. The SMILES string of the molecule is C[C@@H](Oc1ccc(Br)cc1)C(=O)NCc1ccc(N2CCCC2=O)cc1. The molecular formula is C20H21BrN2O3. The van der Waals surface area contributed by atoms with Crippen LogP contribution in [0.2, 0.25) is 0 Å². The van der Waals surface area contributed by atoms with Gasteiger partial charge in [-0.05, 0) is 55.3 Å². The first-order chi connectivity index (χ1) is 12.5. The average molecular weight is 417 g/mol. The standard InChI is InChI=1S/C20H21BrN2O3/c1-14(26-18-10-6-16(21)7-11-18)20(25)22-13-15-4-8-17(9-5-15)23-12-2-3-19(23)24/h4-11,14H,2-3,12-13H2,1H3,(H,22,25)/t14-/m1/s1. The number of halogens is 1. The Kier molecular flexibility index (Phi) is 5.93. The number of rotatable bonds is 6. The van der Waals surface area contributed by atoms with E-state index >= 15 is 0 Å². The molecule has 1 fully saturated rings. The topological polar surface area (TPSA) is 58.6 Å². The van der Waals surface area contributed by atoms with Crippen LogP contribution in [0, 0.1) is 0 Å². The third-order valence-corrected chi connectivity index (χ3v) is 4.81. The smallest absolute Gasteiger partial charge is 0.261 e. The maximum Gasteiger partial charge on any atom is 0.261 e. The molecule has 2 aromatic rings. The lowest BCUT2D eigenvalue weighted by atomic mass is 10.2. The minimum atomic E-state index is -0.585. The Morgan fingerprint density at radius 1 is 1.19 bits per heavy atom. The van der Waals surface area contributed by atoms with E-state index in [1.54, 1.807) is 11.8 Å². The molecule has 5 nitrogen and oxygen atoms in total. The summed E-state index contributed by atoms with van der Waals surface area (Å²) in [7, 11) is 0. The molecule has 1 heterocycles. The van der Waals surface area contributed by atoms with Gasteiger partial charge < -0.3 is 15.0 Å². The van der Waals surface area contributed by atoms with Crippen LogP contribution in [0.4, 0.5) is 5.69 Å². The Bertz CT molecular complexity index is 775. The molecular weight excluding hydrogens is 396 g/mol.